The summed E-state index contributed by atoms with van der Waals surface area (Å²) in [4.78, 5) is 11.4. The van der Waals surface area contributed by atoms with E-state index in [9.17, 15) is 0 Å². The van der Waals surface area contributed by atoms with Gasteiger partial charge in [-0.05, 0) is 42.0 Å². The van der Waals surface area contributed by atoms with Crippen molar-refractivity contribution in [2.75, 3.05) is 42.1 Å². The van der Waals surface area contributed by atoms with Crippen molar-refractivity contribution in [1.82, 2.24) is 15.3 Å². The fraction of sp³-hybridized carbons (Fsp3) is 0.167. The fourth-order valence-corrected chi connectivity index (χ4v) is 4.41. The average Bonchev–Trinajstić information content (AvgIpc) is 2.79. The molecule has 5 rings (SSSR count). The van der Waals surface area contributed by atoms with Crippen LogP contribution in [0.15, 0.2) is 71.2 Å². The lowest BCUT2D eigenvalue weighted by molar-refractivity contribution is 0.589. The van der Waals surface area contributed by atoms with Gasteiger partial charge in [0.1, 0.15) is 5.82 Å². The van der Waals surface area contributed by atoms with Gasteiger partial charge < -0.3 is 21.3 Å². The van der Waals surface area contributed by atoms with E-state index in [1.807, 2.05) is 30.3 Å². The topological polar surface area (TPSA) is 79.1 Å². The van der Waals surface area contributed by atoms with Gasteiger partial charge in [-0.15, -0.1) is 0 Å². The highest BCUT2D eigenvalue weighted by Crippen LogP contribution is 2.35. The number of para-hydroxylation sites is 1. The molecule has 4 N–H and O–H groups in total. The Hall–Kier alpha value is -3.16. The molecule has 6 nitrogen and oxygen atoms in total. The molecule has 3 aromatic carbocycles. The van der Waals surface area contributed by atoms with E-state index in [0.29, 0.717) is 5.82 Å². The predicted octanol–water partition coefficient (Wildman–Crippen LogP) is 4.79. The van der Waals surface area contributed by atoms with Crippen molar-refractivity contribution >= 4 is 50.0 Å². The highest BCUT2D eigenvalue weighted by Gasteiger charge is 2.16. The summed E-state index contributed by atoms with van der Waals surface area (Å²) in [5.74, 6) is 0.945. The molecule has 7 heteroatoms. The van der Waals surface area contributed by atoms with Gasteiger partial charge in [-0.3, -0.25) is 0 Å². The summed E-state index contributed by atoms with van der Waals surface area (Å²) in [5.41, 5.74) is 11.3. The van der Waals surface area contributed by atoms with Crippen molar-refractivity contribution in [3.8, 4) is 11.1 Å². The van der Waals surface area contributed by atoms with E-state index in [-0.39, 0.29) is 5.95 Å². The standard InChI is InChI=1S/C24H23BrN6/c25-17-4-3-5-18(15-17)28-23-20-14-16(8-9-21(20)29-24(26)30-23)19-6-1-2-7-22(19)31-12-10-27-11-13-31/h1-9,14-15,27H,10-13H2,(H3,26,28,29,30). The van der Waals surface area contributed by atoms with Crippen LogP contribution in [0.3, 0.4) is 0 Å². The lowest BCUT2D eigenvalue weighted by atomic mass is 10.0. The Balaban J connectivity index is 1.60. The maximum Gasteiger partial charge on any atom is 0.222 e. The van der Waals surface area contributed by atoms with Gasteiger partial charge in [-0.2, -0.15) is 4.98 Å². The van der Waals surface area contributed by atoms with E-state index < -0.39 is 0 Å². The second kappa shape index (κ2) is 8.53. The number of fused-ring (bicyclic) bond motifs is 1. The Labute approximate surface area is 189 Å². The van der Waals surface area contributed by atoms with E-state index in [1.54, 1.807) is 0 Å². The Morgan fingerprint density at radius 1 is 0.935 bits per heavy atom. The molecule has 0 unspecified atom stereocenters. The molecule has 0 spiro atoms. The van der Waals surface area contributed by atoms with Crippen molar-refractivity contribution in [1.29, 1.82) is 0 Å². The minimum atomic E-state index is 0.249. The molecule has 4 aromatic rings. The number of halogens is 1. The number of nitrogens with two attached hydrogens (primary N) is 1. The first kappa shape index (κ1) is 19.8. The van der Waals surface area contributed by atoms with E-state index >= 15 is 0 Å². The third-order valence-electron chi connectivity index (χ3n) is 5.47. The molecule has 31 heavy (non-hydrogen) atoms. The van der Waals surface area contributed by atoms with Crippen LogP contribution in [0.25, 0.3) is 22.0 Å². The van der Waals surface area contributed by atoms with Crippen LogP contribution in [0.4, 0.5) is 23.1 Å². The molecule has 1 aliphatic heterocycles. The largest absolute Gasteiger partial charge is 0.368 e. The summed E-state index contributed by atoms with van der Waals surface area (Å²) in [6, 6.07) is 22.8. The van der Waals surface area contributed by atoms with Crippen LogP contribution in [0.1, 0.15) is 0 Å². The minimum absolute atomic E-state index is 0.249. The zero-order chi connectivity index (χ0) is 21.2. The van der Waals surface area contributed by atoms with Gasteiger partial charge in [0.25, 0.3) is 0 Å². The van der Waals surface area contributed by atoms with E-state index in [0.717, 1.165) is 52.8 Å². The molecule has 0 saturated carbocycles. The number of rotatable bonds is 4. The monoisotopic (exact) mass is 474 g/mol. The molecule has 1 aliphatic rings. The highest BCUT2D eigenvalue weighted by molar-refractivity contribution is 9.10. The molecule has 156 valence electrons. The number of hydrogen-bond donors (Lipinski definition) is 3. The van der Waals surface area contributed by atoms with Crippen molar-refractivity contribution in [3.63, 3.8) is 0 Å². The average molecular weight is 475 g/mol. The van der Waals surface area contributed by atoms with Gasteiger partial charge >= 0.3 is 0 Å². The molecule has 1 fully saturated rings. The lowest BCUT2D eigenvalue weighted by Gasteiger charge is -2.31. The summed E-state index contributed by atoms with van der Waals surface area (Å²) in [5, 5.41) is 7.76. The van der Waals surface area contributed by atoms with Gasteiger partial charge in [0.05, 0.1) is 5.52 Å². The number of nitrogens with zero attached hydrogens (tertiary/aromatic N) is 3. The zero-order valence-corrected chi connectivity index (χ0v) is 18.6. The number of nitrogen functional groups attached to an aromatic ring is 1. The van der Waals surface area contributed by atoms with Crippen molar-refractivity contribution in [3.05, 3.63) is 71.2 Å². The van der Waals surface area contributed by atoms with Gasteiger partial charge in [0.2, 0.25) is 5.95 Å². The molecule has 0 bridgehead atoms. The maximum absolute atomic E-state index is 5.99. The summed E-state index contributed by atoms with van der Waals surface area (Å²) in [6.45, 7) is 4.00. The molecule has 0 aliphatic carbocycles. The van der Waals surface area contributed by atoms with Gasteiger partial charge in [0.15, 0.2) is 0 Å². The molecular formula is C24H23BrN6. The Morgan fingerprint density at radius 3 is 2.61 bits per heavy atom. The molecule has 0 amide bonds. The molecule has 1 aromatic heterocycles. The maximum atomic E-state index is 5.99. The summed E-state index contributed by atoms with van der Waals surface area (Å²) >= 11 is 3.52. The molecular weight excluding hydrogens is 452 g/mol. The number of aromatic nitrogens is 2. The number of anilines is 4. The van der Waals surface area contributed by atoms with Crippen LogP contribution in [-0.4, -0.2) is 36.1 Å². The normalized spacial score (nSPS) is 14.0. The van der Waals surface area contributed by atoms with Gasteiger partial charge in [-0.1, -0.05) is 46.3 Å². The van der Waals surface area contributed by atoms with Crippen LogP contribution in [0, 0.1) is 0 Å². The van der Waals surface area contributed by atoms with Crippen molar-refractivity contribution < 1.29 is 0 Å². The van der Waals surface area contributed by atoms with Crippen molar-refractivity contribution in [2.45, 2.75) is 0 Å². The van der Waals surface area contributed by atoms with Crippen LogP contribution in [0.5, 0.6) is 0 Å². The summed E-state index contributed by atoms with van der Waals surface area (Å²) in [6.07, 6.45) is 0. The number of hydrogen-bond acceptors (Lipinski definition) is 6. The smallest absolute Gasteiger partial charge is 0.222 e. The lowest BCUT2D eigenvalue weighted by Crippen LogP contribution is -2.43. The quantitative estimate of drug-likeness (QED) is 0.394. The van der Waals surface area contributed by atoms with Crippen molar-refractivity contribution in [2.24, 2.45) is 0 Å². The van der Waals surface area contributed by atoms with E-state index in [4.69, 9.17) is 5.73 Å². The van der Waals surface area contributed by atoms with E-state index in [2.05, 4.69) is 77.8 Å². The Bertz CT molecular complexity index is 1240. The first-order chi connectivity index (χ1) is 15.2. The SMILES string of the molecule is Nc1nc(Nc2cccc(Br)c2)c2cc(-c3ccccc3N3CCNCC3)ccc2n1. The van der Waals surface area contributed by atoms with Gasteiger partial charge in [-0.25, -0.2) is 4.98 Å². The third kappa shape index (κ3) is 4.19. The Kier molecular flexibility index (Phi) is 5.44. The molecule has 1 saturated heterocycles. The molecule has 0 atom stereocenters. The number of piperazine rings is 1. The Morgan fingerprint density at radius 2 is 1.77 bits per heavy atom. The van der Waals surface area contributed by atoms with E-state index in [1.165, 1.54) is 11.3 Å². The number of benzene rings is 3. The van der Waals surface area contributed by atoms with Crippen LogP contribution in [0.2, 0.25) is 0 Å². The first-order valence-corrected chi connectivity index (χ1v) is 11.1. The minimum Gasteiger partial charge on any atom is -0.368 e. The summed E-state index contributed by atoms with van der Waals surface area (Å²) in [7, 11) is 0. The molecule has 0 radical (unpaired) electrons. The van der Waals surface area contributed by atoms with Crippen LogP contribution < -0.4 is 21.3 Å². The zero-order valence-electron chi connectivity index (χ0n) is 17.0. The third-order valence-corrected chi connectivity index (χ3v) is 5.97. The number of nitrogens with one attached hydrogen (secondary N) is 2. The second-order valence-corrected chi connectivity index (χ2v) is 8.47. The van der Waals surface area contributed by atoms with Crippen LogP contribution >= 0.6 is 15.9 Å². The summed E-state index contributed by atoms with van der Waals surface area (Å²) < 4.78 is 0.995. The fourth-order valence-electron chi connectivity index (χ4n) is 4.01. The molecule has 2 heterocycles. The highest BCUT2D eigenvalue weighted by atomic mass is 79.9. The predicted molar refractivity (Wildman–Crippen MR) is 132 cm³/mol. The van der Waals surface area contributed by atoms with Crippen LogP contribution in [-0.2, 0) is 0 Å². The second-order valence-electron chi connectivity index (χ2n) is 7.55. The van der Waals surface area contributed by atoms with Gasteiger partial charge in [0, 0.05) is 53.0 Å². The first-order valence-electron chi connectivity index (χ1n) is 10.3.